The van der Waals surface area contributed by atoms with Gasteiger partial charge in [0.25, 0.3) is 0 Å². The van der Waals surface area contributed by atoms with Crippen molar-refractivity contribution in [3.8, 4) is 5.69 Å². The van der Waals surface area contributed by atoms with E-state index in [0.29, 0.717) is 5.92 Å². The molecule has 2 aromatic carbocycles. The fraction of sp³-hybridized carbons (Fsp3) is 0.333. The Labute approximate surface area is 190 Å². The second-order valence-corrected chi connectivity index (χ2v) is 8.97. The van der Waals surface area contributed by atoms with Gasteiger partial charge in [0.1, 0.15) is 0 Å². The summed E-state index contributed by atoms with van der Waals surface area (Å²) in [6.45, 7) is 9.59. The Morgan fingerprint density at radius 3 is 2.62 bits per heavy atom. The molecule has 0 N–H and O–H groups in total. The summed E-state index contributed by atoms with van der Waals surface area (Å²) >= 11 is 0. The van der Waals surface area contributed by atoms with E-state index < -0.39 is 0 Å². The second kappa shape index (κ2) is 9.13. The summed E-state index contributed by atoms with van der Waals surface area (Å²) in [6.07, 6.45) is 5.11. The molecule has 1 fully saturated rings. The van der Waals surface area contributed by atoms with Gasteiger partial charge in [-0.25, -0.2) is 4.68 Å². The first kappa shape index (κ1) is 20.7. The highest BCUT2D eigenvalue weighted by Crippen LogP contribution is 2.31. The number of benzene rings is 2. The minimum absolute atomic E-state index is 0.501. The number of hydrogen-bond donors (Lipinski definition) is 0. The average Bonchev–Trinajstić information content (AvgIpc) is 3.17. The zero-order valence-electron chi connectivity index (χ0n) is 19.0. The third kappa shape index (κ3) is 4.39. The number of fused-ring (bicyclic) bond motifs is 1. The highest BCUT2D eigenvalue weighted by atomic mass is 15.3. The van der Waals surface area contributed by atoms with Crippen molar-refractivity contribution in [2.45, 2.75) is 32.7 Å². The number of nitrogens with zero attached hydrogens (tertiary/aromatic N) is 5. The molecule has 5 rings (SSSR count). The van der Waals surface area contributed by atoms with Crippen LogP contribution in [0.1, 0.15) is 37.4 Å². The molecule has 0 atom stereocenters. The van der Waals surface area contributed by atoms with Gasteiger partial charge in [0.15, 0.2) is 0 Å². The predicted octanol–water partition coefficient (Wildman–Crippen LogP) is 5.26. The fourth-order valence-corrected chi connectivity index (χ4v) is 4.54. The van der Waals surface area contributed by atoms with Crippen molar-refractivity contribution in [1.82, 2.24) is 19.7 Å². The SMILES string of the molecule is CC(C)c1cc(N2CCCN(Cc3ccn(-c4ccccc4)n3)CC2)c2ncccc2c1. The van der Waals surface area contributed by atoms with Gasteiger partial charge < -0.3 is 4.90 Å². The lowest BCUT2D eigenvalue weighted by Crippen LogP contribution is -2.31. The van der Waals surface area contributed by atoms with Gasteiger partial charge in [0.2, 0.25) is 0 Å². The maximum Gasteiger partial charge on any atom is 0.0935 e. The van der Waals surface area contributed by atoms with Crippen LogP contribution in [-0.2, 0) is 6.54 Å². The summed E-state index contributed by atoms with van der Waals surface area (Å²) in [5.74, 6) is 0.501. The first-order chi connectivity index (χ1) is 15.7. The molecule has 0 saturated carbocycles. The number of rotatable bonds is 5. The van der Waals surface area contributed by atoms with Crippen LogP contribution in [0.4, 0.5) is 5.69 Å². The molecule has 3 heterocycles. The van der Waals surface area contributed by atoms with Crippen LogP contribution in [0.15, 0.2) is 73.1 Å². The molecule has 0 unspecified atom stereocenters. The van der Waals surface area contributed by atoms with E-state index in [1.54, 1.807) is 0 Å². The summed E-state index contributed by atoms with van der Waals surface area (Å²) in [4.78, 5) is 9.80. The van der Waals surface area contributed by atoms with Crippen LogP contribution >= 0.6 is 0 Å². The Kier molecular flexibility index (Phi) is 5.91. The van der Waals surface area contributed by atoms with Crippen molar-refractivity contribution < 1.29 is 0 Å². The Bertz CT molecular complexity index is 1180. The Hall–Kier alpha value is -3.18. The van der Waals surface area contributed by atoms with Crippen LogP contribution in [0.3, 0.4) is 0 Å². The summed E-state index contributed by atoms with van der Waals surface area (Å²) in [5.41, 5.74) is 6.00. The lowest BCUT2D eigenvalue weighted by Gasteiger charge is -2.25. The molecule has 0 spiro atoms. The first-order valence-corrected chi connectivity index (χ1v) is 11.6. The van der Waals surface area contributed by atoms with E-state index in [2.05, 4.69) is 66.2 Å². The Morgan fingerprint density at radius 2 is 1.78 bits per heavy atom. The van der Waals surface area contributed by atoms with Gasteiger partial charge >= 0.3 is 0 Å². The minimum Gasteiger partial charge on any atom is -0.368 e. The van der Waals surface area contributed by atoms with Crippen LogP contribution in [0.5, 0.6) is 0 Å². The Balaban J connectivity index is 1.31. The predicted molar refractivity (Wildman–Crippen MR) is 132 cm³/mol. The topological polar surface area (TPSA) is 37.2 Å². The number of para-hydroxylation sites is 1. The van der Waals surface area contributed by atoms with E-state index in [9.17, 15) is 0 Å². The fourth-order valence-electron chi connectivity index (χ4n) is 4.54. The standard InChI is InChI=1S/C27H31N5/c1-21(2)23-18-22-8-6-12-28-27(22)26(19-23)31-14-7-13-30(16-17-31)20-24-11-15-32(29-24)25-9-4-3-5-10-25/h3-6,8-12,15,18-19,21H,7,13-14,16-17,20H2,1-2H3. The average molecular weight is 426 g/mol. The van der Waals surface area contributed by atoms with Gasteiger partial charge in [-0.15, -0.1) is 0 Å². The number of anilines is 1. The van der Waals surface area contributed by atoms with E-state index in [4.69, 9.17) is 10.1 Å². The summed E-state index contributed by atoms with van der Waals surface area (Å²) in [5, 5.41) is 6.04. The largest absolute Gasteiger partial charge is 0.368 e. The maximum absolute atomic E-state index is 4.81. The van der Waals surface area contributed by atoms with Crippen molar-refractivity contribution in [2.24, 2.45) is 0 Å². The van der Waals surface area contributed by atoms with E-state index in [1.807, 2.05) is 35.1 Å². The van der Waals surface area contributed by atoms with Gasteiger partial charge in [-0.3, -0.25) is 9.88 Å². The molecule has 1 aliphatic heterocycles. The molecular weight excluding hydrogens is 394 g/mol. The van der Waals surface area contributed by atoms with Gasteiger partial charge in [-0.2, -0.15) is 5.10 Å². The molecule has 1 saturated heterocycles. The highest BCUT2D eigenvalue weighted by molar-refractivity contribution is 5.91. The summed E-state index contributed by atoms with van der Waals surface area (Å²) in [7, 11) is 0. The molecule has 5 heteroatoms. The molecule has 1 aliphatic rings. The number of aromatic nitrogens is 3. The summed E-state index contributed by atoms with van der Waals surface area (Å²) < 4.78 is 1.97. The van der Waals surface area contributed by atoms with Gasteiger partial charge in [-0.05, 0) is 54.3 Å². The third-order valence-electron chi connectivity index (χ3n) is 6.35. The van der Waals surface area contributed by atoms with E-state index in [1.165, 1.54) is 16.6 Å². The molecule has 0 radical (unpaired) electrons. The molecule has 2 aromatic heterocycles. The molecule has 32 heavy (non-hydrogen) atoms. The van der Waals surface area contributed by atoms with Crippen LogP contribution in [0.2, 0.25) is 0 Å². The Morgan fingerprint density at radius 1 is 0.906 bits per heavy atom. The van der Waals surface area contributed by atoms with Crippen molar-refractivity contribution in [1.29, 1.82) is 0 Å². The first-order valence-electron chi connectivity index (χ1n) is 11.6. The van der Waals surface area contributed by atoms with Gasteiger partial charge in [0, 0.05) is 50.5 Å². The third-order valence-corrected chi connectivity index (χ3v) is 6.35. The van der Waals surface area contributed by atoms with E-state index in [-0.39, 0.29) is 0 Å². The smallest absolute Gasteiger partial charge is 0.0935 e. The summed E-state index contributed by atoms with van der Waals surface area (Å²) in [6, 6.07) is 21.3. The number of hydrogen-bond acceptors (Lipinski definition) is 4. The van der Waals surface area contributed by atoms with Gasteiger partial charge in [-0.1, -0.05) is 38.1 Å². The maximum atomic E-state index is 4.81. The quantitative estimate of drug-likeness (QED) is 0.437. The van der Waals surface area contributed by atoms with Crippen LogP contribution < -0.4 is 4.90 Å². The molecule has 4 aromatic rings. The molecule has 0 amide bonds. The normalized spacial score (nSPS) is 15.4. The van der Waals surface area contributed by atoms with E-state index >= 15 is 0 Å². The molecule has 0 bridgehead atoms. The monoisotopic (exact) mass is 425 g/mol. The lowest BCUT2D eigenvalue weighted by molar-refractivity contribution is 0.281. The van der Waals surface area contributed by atoms with E-state index in [0.717, 1.165) is 56.0 Å². The molecule has 5 nitrogen and oxygen atoms in total. The van der Waals surface area contributed by atoms with Gasteiger partial charge in [0.05, 0.1) is 22.6 Å². The molecular formula is C27H31N5. The molecule has 0 aliphatic carbocycles. The van der Waals surface area contributed by atoms with Crippen molar-refractivity contribution in [3.63, 3.8) is 0 Å². The van der Waals surface area contributed by atoms with Crippen LogP contribution in [-0.4, -0.2) is 45.8 Å². The van der Waals surface area contributed by atoms with Crippen molar-refractivity contribution in [3.05, 3.63) is 84.3 Å². The molecule has 164 valence electrons. The van der Waals surface area contributed by atoms with Crippen LogP contribution in [0, 0.1) is 0 Å². The number of pyridine rings is 1. The van der Waals surface area contributed by atoms with Crippen LogP contribution in [0.25, 0.3) is 16.6 Å². The second-order valence-electron chi connectivity index (χ2n) is 8.97. The van der Waals surface area contributed by atoms with Crippen molar-refractivity contribution in [2.75, 3.05) is 31.1 Å². The van der Waals surface area contributed by atoms with Crippen molar-refractivity contribution >= 4 is 16.6 Å². The lowest BCUT2D eigenvalue weighted by atomic mass is 9.99. The highest BCUT2D eigenvalue weighted by Gasteiger charge is 2.19. The zero-order chi connectivity index (χ0) is 21.9. The zero-order valence-corrected chi connectivity index (χ0v) is 19.0. The minimum atomic E-state index is 0.501.